The molecule has 0 amide bonds. The van der Waals surface area contributed by atoms with Crippen LogP contribution < -0.4 is 0 Å². The van der Waals surface area contributed by atoms with Crippen LogP contribution in [-0.4, -0.2) is 25.8 Å². The van der Waals surface area contributed by atoms with Gasteiger partial charge >= 0.3 is 25.8 Å². The summed E-state index contributed by atoms with van der Waals surface area (Å²) in [5.41, 5.74) is 0.635. The molecule has 0 aliphatic carbocycles. The second kappa shape index (κ2) is 7.52. The molecule has 0 fully saturated rings. The zero-order valence-electron chi connectivity index (χ0n) is 8.61. The summed E-state index contributed by atoms with van der Waals surface area (Å²) >= 11 is 0. The molecule has 0 N–H and O–H groups in total. The molecule has 0 atom stereocenters. The van der Waals surface area contributed by atoms with Crippen LogP contribution in [0.4, 0.5) is 0 Å². The summed E-state index contributed by atoms with van der Waals surface area (Å²) in [6.45, 7) is 9.28. The van der Waals surface area contributed by atoms with Gasteiger partial charge in [0, 0.05) is 0 Å². The number of hydrogen-bond acceptors (Lipinski definition) is 0. The fourth-order valence-electron chi connectivity index (χ4n) is 1.21. The number of unbranched alkanes of at least 4 members (excludes halogenated alkanes) is 1. The molecule has 0 saturated heterocycles. The predicted octanol–water partition coefficient (Wildman–Crippen LogP) is 3.62. The summed E-state index contributed by atoms with van der Waals surface area (Å²) in [6, 6.07) is 0. The van der Waals surface area contributed by atoms with Gasteiger partial charge in [0.2, 0.25) is 0 Å². The Morgan fingerprint density at radius 3 is 1.73 bits per heavy atom. The minimum absolute atomic E-state index is 0. The van der Waals surface area contributed by atoms with Gasteiger partial charge < -0.3 is 0 Å². The first kappa shape index (κ1) is 14.4. The van der Waals surface area contributed by atoms with Gasteiger partial charge in [-0.05, 0) is 11.8 Å². The first-order valence-electron chi connectivity index (χ1n) is 4.68. The molecular weight excluding hydrogens is 235 g/mol. The molecule has 0 radical (unpaired) electrons. The van der Waals surface area contributed by atoms with Crippen LogP contribution in [0.5, 0.6) is 0 Å². The van der Waals surface area contributed by atoms with Crippen molar-refractivity contribution in [1.82, 2.24) is 0 Å². The maximum Gasteiger partial charge on any atom is 3.00 e. The molecule has 0 nitrogen and oxygen atoms in total. The van der Waals surface area contributed by atoms with Crippen molar-refractivity contribution in [2.24, 2.45) is 5.41 Å². The molecule has 0 aromatic heterocycles. The van der Waals surface area contributed by atoms with E-state index in [-0.39, 0.29) is 25.8 Å². The summed E-state index contributed by atoms with van der Waals surface area (Å²) in [6.07, 6.45) is 6.83. The van der Waals surface area contributed by atoms with E-state index in [4.69, 9.17) is 0 Å². The molecule has 0 aliphatic rings. The Kier molecular flexibility index (Phi) is 9.84. The molecule has 1 heteroatoms. The van der Waals surface area contributed by atoms with E-state index in [1.807, 2.05) is 0 Å². The van der Waals surface area contributed by atoms with E-state index in [1.165, 1.54) is 32.1 Å². The second-order valence-corrected chi connectivity index (χ2v) is 3.62. The molecule has 0 bridgehead atoms. The third-order valence-corrected chi connectivity index (χ3v) is 2.84. The van der Waals surface area contributed by atoms with Crippen LogP contribution in [0.15, 0.2) is 0 Å². The van der Waals surface area contributed by atoms with Gasteiger partial charge in [-0.3, -0.25) is 0 Å². The van der Waals surface area contributed by atoms with Crippen molar-refractivity contribution >= 4 is 25.8 Å². The quantitative estimate of drug-likeness (QED) is 0.705. The largest absolute Gasteiger partial charge is 3.00 e. The average molecular weight is 257 g/mol. The molecule has 0 saturated carbocycles. The summed E-state index contributed by atoms with van der Waals surface area (Å²) in [4.78, 5) is 0. The van der Waals surface area contributed by atoms with E-state index in [0.29, 0.717) is 5.41 Å². The normalized spacial score (nSPS) is 10.9. The summed E-state index contributed by atoms with van der Waals surface area (Å²) in [7, 11) is 0. The molecule has 0 rings (SSSR count). The first-order valence-corrected chi connectivity index (χ1v) is 4.68. The van der Waals surface area contributed by atoms with Gasteiger partial charge in [-0.2, -0.15) is 0 Å². The minimum atomic E-state index is 0. The Morgan fingerprint density at radius 1 is 1.00 bits per heavy atom. The van der Waals surface area contributed by atoms with Gasteiger partial charge in [-0.15, -0.1) is 0 Å². The Balaban J connectivity index is 0. The van der Waals surface area contributed by atoms with Gasteiger partial charge in [0.05, 0.1) is 0 Å². The Labute approximate surface area is 90.9 Å². The van der Waals surface area contributed by atoms with Gasteiger partial charge in [-0.25, -0.2) is 0 Å². The minimum Gasteiger partial charge on any atom is -0.0654 e. The predicted molar refractivity (Wildman–Crippen MR) is 54.0 cm³/mol. The van der Waals surface area contributed by atoms with E-state index < -0.39 is 0 Å². The third-order valence-electron chi connectivity index (χ3n) is 2.84. The summed E-state index contributed by atoms with van der Waals surface area (Å²) < 4.78 is 0. The molecule has 0 aromatic rings. The van der Waals surface area contributed by atoms with Gasteiger partial charge in [0.1, 0.15) is 0 Å². The van der Waals surface area contributed by atoms with Crippen molar-refractivity contribution in [3.8, 4) is 0 Å². The van der Waals surface area contributed by atoms with Crippen molar-refractivity contribution in [2.45, 2.75) is 59.8 Å². The van der Waals surface area contributed by atoms with Crippen LogP contribution in [0.2, 0.25) is 0 Å². The van der Waals surface area contributed by atoms with Crippen LogP contribution in [0.3, 0.4) is 0 Å². The Morgan fingerprint density at radius 2 is 1.45 bits per heavy atom. The molecule has 0 aliphatic heterocycles. The molecule has 62 valence electrons. The van der Waals surface area contributed by atoms with Crippen molar-refractivity contribution in [3.63, 3.8) is 0 Å². The van der Waals surface area contributed by atoms with Crippen molar-refractivity contribution in [2.75, 3.05) is 0 Å². The molecule has 0 spiro atoms. The van der Waals surface area contributed by atoms with E-state index >= 15 is 0 Å². The molecule has 11 heavy (non-hydrogen) atoms. The van der Waals surface area contributed by atoms with E-state index in [0.717, 1.165) is 0 Å². The van der Waals surface area contributed by atoms with Gasteiger partial charge in [-0.1, -0.05) is 53.4 Å². The van der Waals surface area contributed by atoms with Gasteiger partial charge in [0.15, 0.2) is 0 Å². The van der Waals surface area contributed by atoms with Crippen LogP contribution in [0.25, 0.3) is 0 Å². The summed E-state index contributed by atoms with van der Waals surface area (Å²) in [5.74, 6) is 0. The maximum atomic E-state index is 2.41. The zero-order valence-corrected chi connectivity index (χ0v) is 11.9. The topological polar surface area (TPSA) is 0 Å². The van der Waals surface area contributed by atoms with Gasteiger partial charge in [0.25, 0.3) is 0 Å². The first-order chi connectivity index (χ1) is 4.68. The second-order valence-electron chi connectivity index (χ2n) is 3.62. The smallest absolute Gasteiger partial charge is 0.0654 e. The SMILES string of the molecule is CCCCC(C)(CC)CC.[In+3]. The van der Waals surface area contributed by atoms with Crippen molar-refractivity contribution < 1.29 is 0 Å². The van der Waals surface area contributed by atoms with E-state index in [2.05, 4.69) is 27.7 Å². The average Bonchev–Trinajstić information content (AvgIpc) is 2.00. The third kappa shape index (κ3) is 6.07. The Hall–Kier alpha value is 0.870. The van der Waals surface area contributed by atoms with Crippen molar-refractivity contribution in [1.29, 1.82) is 0 Å². The van der Waals surface area contributed by atoms with Crippen LogP contribution in [-0.2, 0) is 0 Å². The number of hydrogen-bond donors (Lipinski definition) is 0. The van der Waals surface area contributed by atoms with Crippen LogP contribution >= 0.6 is 0 Å². The van der Waals surface area contributed by atoms with Crippen molar-refractivity contribution in [3.05, 3.63) is 0 Å². The fourth-order valence-corrected chi connectivity index (χ4v) is 1.21. The number of rotatable bonds is 5. The van der Waals surface area contributed by atoms with Crippen LogP contribution in [0.1, 0.15) is 59.8 Å². The molecule has 0 unspecified atom stereocenters. The molecule has 0 heterocycles. The van der Waals surface area contributed by atoms with E-state index in [9.17, 15) is 0 Å². The summed E-state index contributed by atoms with van der Waals surface area (Å²) in [5, 5.41) is 0. The monoisotopic (exact) mass is 257 g/mol. The standard InChI is InChI=1S/C10H22.In/c1-5-8-9-10(4,6-2)7-3;/h5-9H2,1-4H3;/q;+3. The molecule has 0 aromatic carbocycles. The fraction of sp³-hybridized carbons (Fsp3) is 1.00. The van der Waals surface area contributed by atoms with E-state index in [1.54, 1.807) is 0 Å². The molecular formula is C10H22In+3. The Bertz CT molecular complexity index is 74.9. The maximum absolute atomic E-state index is 2.41. The zero-order chi connectivity index (χ0) is 8.04. The van der Waals surface area contributed by atoms with Crippen LogP contribution in [0, 0.1) is 5.41 Å².